The van der Waals surface area contributed by atoms with Crippen molar-refractivity contribution in [3.05, 3.63) is 53.6 Å². The molecule has 0 aromatic heterocycles. The lowest BCUT2D eigenvalue weighted by Crippen LogP contribution is -2.29. The second-order valence-electron chi connectivity index (χ2n) is 6.60. The van der Waals surface area contributed by atoms with E-state index in [-0.39, 0.29) is 30.9 Å². The van der Waals surface area contributed by atoms with Crippen LogP contribution in [0, 0.1) is 0 Å². The van der Waals surface area contributed by atoms with E-state index >= 15 is 0 Å². The lowest BCUT2D eigenvalue weighted by molar-refractivity contribution is -0.120. The number of amides is 2. The molecule has 0 aliphatic heterocycles. The Morgan fingerprint density at radius 1 is 1.03 bits per heavy atom. The van der Waals surface area contributed by atoms with E-state index in [1.165, 1.54) is 6.21 Å². The second-order valence-corrected chi connectivity index (χ2v) is 6.60. The van der Waals surface area contributed by atoms with E-state index in [1.807, 2.05) is 19.9 Å². The van der Waals surface area contributed by atoms with Crippen molar-refractivity contribution < 1.29 is 23.8 Å². The molecule has 2 aromatic carbocycles. The van der Waals surface area contributed by atoms with Crippen molar-refractivity contribution in [1.82, 2.24) is 10.7 Å². The summed E-state index contributed by atoms with van der Waals surface area (Å²) in [4.78, 5) is 23.9. The Kier molecular flexibility index (Phi) is 8.68. The van der Waals surface area contributed by atoms with Gasteiger partial charge in [0, 0.05) is 18.5 Å². The van der Waals surface area contributed by atoms with Crippen molar-refractivity contribution in [3.63, 3.8) is 0 Å². The molecule has 2 amide bonds. The SMILES string of the molecule is COc1ccc(C(=O)NCCC(=O)NN=Cc2ccc(OC(C)C)c(OC)c2)cc1. The summed E-state index contributed by atoms with van der Waals surface area (Å²) in [5.41, 5.74) is 3.67. The summed E-state index contributed by atoms with van der Waals surface area (Å²) >= 11 is 0. The first-order chi connectivity index (χ1) is 14.4. The predicted molar refractivity (Wildman–Crippen MR) is 114 cm³/mol. The maximum absolute atomic E-state index is 12.0. The zero-order valence-electron chi connectivity index (χ0n) is 17.6. The summed E-state index contributed by atoms with van der Waals surface area (Å²) in [7, 11) is 3.12. The van der Waals surface area contributed by atoms with E-state index in [0.717, 1.165) is 5.56 Å². The number of carbonyl (C=O) groups excluding carboxylic acids is 2. The highest BCUT2D eigenvalue weighted by atomic mass is 16.5. The number of hydrogen-bond donors (Lipinski definition) is 2. The number of rotatable bonds is 10. The molecule has 0 spiro atoms. The Hall–Kier alpha value is -3.55. The third-order valence-corrected chi connectivity index (χ3v) is 3.94. The topological polar surface area (TPSA) is 98.2 Å². The van der Waals surface area contributed by atoms with Crippen molar-refractivity contribution in [2.75, 3.05) is 20.8 Å². The number of carbonyl (C=O) groups is 2. The molecule has 0 saturated carbocycles. The van der Waals surface area contributed by atoms with Crippen LogP contribution in [0.1, 0.15) is 36.2 Å². The molecule has 2 N–H and O–H groups in total. The first-order valence-corrected chi connectivity index (χ1v) is 9.51. The monoisotopic (exact) mass is 413 g/mol. The standard InChI is InChI=1S/C22H27N3O5/c1-15(2)30-19-10-5-16(13-20(19)29-4)14-24-25-21(26)11-12-23-22(27)17-6-8-18(28-3)9-7-17/h5-10,13-15H,11-12H2,1-4H3,(H,23,27)(H,25,26). The Balaban J connectivity index is 1.78. The molecule has 8 heteroatoms. The molecular formula is C22H27N3O5. The third-order valence-electron chi connectivity index (χ3n) is 3.94. The summed E-state index contributed by atoms with van der Waals surface area (Å²) in [6.45, 7) is 4.06. The van der Waals surface area contributed by atoms with Gasteiger partial charge in [-0.1, -0.05) is 0 Å². The normalized spacial score (nSPS) is 10.7. The highest BCUT2D eigenvalue weighted by molar-refractivity contribution is 5.94. The molecule has 0 radical (unpaired) electrons. The average molecular weight is 413 g/mol. The van der Waals surface area contributed by atoms with Gasteiger partial charge in [-0.3, -0.25) is 9.59 Å². The first-order valence-electron chi connectivity index (χ1n) is 9.51. The van der Waals surface area contributed by atoms with Gasteiger partial charge in [0.15, 0.2) is 11.5 Å². The van der Waals surface area contributed by atoms with Crippen LogP contribution in [0.15, 0.2) is 47.6 Å². The van der Waals surface area contributed by atoms with Crippen molar-refractivity contribution in [3.8, 4) is 17.2 Å². The summed E-state index contributed by atoms with van der Waals surface area (Å²) in [6.07, 6.45) is 1.64. The van der Waals surface area contributed by atoms with Gasteiger partial charge in [-0.2, -0.15) is 5.10 Å². The number of ether oxygens (including phenoxy) is 3. The van der Waals surface area contributed by atoms with Crippen LogP contribution in [0.3, 0.4) is 0 Å². The molecule has 0 bridgehead atoms. The first kappa shape index (κ1) is 22.7. The summed E-state index contributed by atoms with van der Waals surface area (Å²) in [5, 5.41) is 6.62. The number of benzene rings is 2. The molecule has 160 valence electrons. The van der Waals surface area contributed by atoms with Gasteiger partial charge < -0.3 is 19.5 Å². The minimum absolute atomic E-state index is 0.0305. The Morgan fingerprint density at radius 3 is 2.40 bits per heavy atom. The fraction of sp³-hybridized carbons (Fsp3) is 0.318. The molecule has 30 heavy (non-hydrogen) atoms. The van der Waals surface area contributed by atoms with Crippen molar-refractivity contribution in [2.24, 2.45) is 5.10 Å². The fourth-order valence-corrected chi connectivity index (χ4v) is 2.48. The van der Waals surface area contributed by atoms with E-state index in [0.29, 0.717) is 22.8 Å². The number of methoxy groups -OCH3 is 2. The third kappa shape index (κ3) is 7.12. The maximum Gasteiger partial charge on any atom is 0.251 e. The van der Waals surface area contributed by atoms with Crippen LogP contribution in [-0.4, -0.2) is 44.9 Å². The molecular weight excluding hydrogens is 386 g/mol. The van der Waals surface area contributed by atoms with E-state index < -0.39 is 0 Å². The van der Waals surface area contributed by atoms with E-state index in [4.69, 9.17) is 14.2 Å². The minimum Gasteiger partial charge on any atom is -0.497 e. The van der Waals surface area contributed by atoms with Gasteiger partial charge in [-0.25, -0.2) is 5.43 Å². The zero-order chi connectivity index (χ0) is 21.9. The summed E-state index contributed by atoms with van der Waals surface area (Å²) in [5.74, 6) is 1.32. The predicted octanol–water partition coefficient (Wildman–Crippen LogP) is 2.76. The summed E-state index contributed by atoms with van der Waals surface area (Å²) < 4.78 is 16.0. The number of nitrogens with one attached hydrogen (secondary N) is 2. The lowest BCUT2D eigenvalue weighted by Gasteiger charge is -2.13. The molecule has 0 fully saturated rings. The molecule has 0 atom stereocenters. The van der Waals surface area contributed by atoms with Crippen LogP contribution < -0.4 is 25.0 Å². The van der Waals surface area contributed by atoms with Crippen molar-refractivity contribution >= 4 is 18.0 Å². The number of hydrazone groups is 1. The molecule has 2 rings (SSSR count). The van der Waals surface area contributed by atoms with E-state index in [2.05, 4.69) is 15.8 Å². The maximum atomic E-state index is 12.0. The molecule has 8 nitrogen and oxygen atoms in total. The van der Waals surface area contributed by atoms with Crippen LogP contribution in [0.4, 0.5) is 0 Å². The second kappa shape index (κ2) is 11.5. The number of hydrogen-bond acceptors (Lipinski definition) is 6. The molecule has 0 aliphatic carbocycles. The number of nitrogens with zero attached hydrogens (tertiary/aromatic N) is 1. The highest BCUT2D eigenvalue weighted by Crippen LogP contribution is 2.28. The van der Waals surface area contributed by atoms with Gasteiger partial charge in [-0.05, 0) is 61.9 Å². The van der Waals surface area contributed by atoms with Gasteiger partial charge in [0.05, 0.1) is 26.5 Å². The van der Waals surface area contributed by atoms with Crippen LogP contribution in [0.5, 0.6) is 17.2 Å². The van der Waals surface area contributed by atoms with Crippen LogP contribution in [0.2, 0.25) is 0 Å². The van der Waals surface area contributed by atoms with Crippen LogP contribution in [-0.2, 0) is 4.79 Å². The summed E-state index contributed by atoms with van der Waals surface area (Å²) in [6, 6.07) is 12.1. The van der Waals surface area contributed by atoms with Gasteiger partial charge >= 0.3 is 0 Å². The molecule has 2 aromatic rings. The molecule has 0 unspecified atom stereocenters. The quantitative estimate of drug-likeness (QED) is 0.461. The Labute approximate surface area is 176 Å². The fourth-order valence-electron chi connectivity index (χ4n) is 2.48. The molecule has 0 heterocycles. The van der Waals surface area contributed by atoms with Gasteiger partial charge in [-0.15, -0.1) is 0 Å². The van der Waals surface area contributed by atoms with Crippen LogP contribution in [0.25, 0.3) is 0 Å². The lowest BCUT2D eigenvalue weighted by atomic mass is 10.2. The molecule has 0 aliphatic rings. The largest absolute Gasteiger partial charge is 0.497 e. The highest BCUT2D eigenvalue weighted by Gasteiger charge is 2.08. The molecule has 0 saturated heterocycles. The van der Waals surface area contributed by atoms with Crippen LogP contribution >= 0.6 is 0 Å². The smallest absolute Gasteiger partial charge is 0.251 e. The van der Waals surface area contributed by atoms with Crippen molar-refractivity contribution in [1.29, 1.82) is 0 Å². The van der Waals surface area contributed by atoms with Gasteiger partial charge in [0.2, 0.25) is 5.91 Å². The minimum atomic E-state index is -0.312. The van der Waals surface area contributed by atoms with Gasteiger partial charge in [0.25, 0.3) is 5.91 Å². The average Bonchev–Trinajstić information content (AvgIpc) is 2.74. The van der Waals surface area contributed by atoms with Gasteiger partial charge in [0.1, 0.15) is 5.75 Å². The van der Waals surface area contributed by atoms with E-state index in [9.17, 15) is 9.59 Å². The zero-order valence-corrected chi connectivity index (χ0v) is 17.6. The van der Waals surface area contributed by atoms with Crippen molar-refractivity contribution in [2.45, 2.75) is 26.4 Å². The van der Waals surface area contributed by atoms with E-state index in [1.54, 1.807) is 50.6 Å². The Morgan fingerprint density at radius 2 is 1.77 bits per heavy atom. The Bertz CT molecular complexity index is 879.